The van der Waals surface area contributed by atoms with Crippen molar-refractivity contribution in [3.05, 3.63) is 439 Å². The Labute approximate surface area is 693 Å². The summed E-state index contributed by atoms with van der Waals surface area (Å²) in [6.07, 6.45) is 0. The Bertz CT molecular complexity index is 7070. The highest BCUT2D eigenvalue weighted by Gasteiger charge is 2.33. The zero-order valence-electron chi connectivity index (χ0n) is 64.1. The van der Waals surface area contributed by atoms with E-state index in [0.29, 0.717) is 101 Å². The van der Waals surface area contributed by atoms with Crippen molar-refractivity contribution < 1.29 is 43.9 Å². The molecule has 0 amide bonds. The molecule has 0 unspecified atom stereocenters. The van der Waals surface area contributed by atoms with Gasteiger partial charge in [0.25, 0.3) is 0 Å². The van der Waals surface area contributed by atoms with E-state index < -0.39 is 58.2 Å². The van der Waals surface area contributed by atoms with Gasteiger partial charge in [0, 0.05) is 66.5 Å². The van der Waals surface area contributed by atoms with Crippen molar-refractivity contribution in [2.45, 2.75) is 0 Å². The molecule has 0 spiro atoms. The molecule has 0 heterocycles. The van der Waals surface area contributed by atoms with E-state index in [9.17, 15) is 14.0 Å². The average Bonchev–Trinajstić information content (AvgIpc) is 0.719. The van der Waals surface area contributed by atoms with Crippen molar-refractivity contribution in [1.82, 2.24) is 0 Å². The molecule has 584 valence electrons. The van der Waals surface area contributed by atoms with Crippen LogP contribution >= 0.6 is 0 Å². The molecule has 20 aromatic carbocycles. The summed E-state index contributed by atoms with van der Waals surface area (Å²) in [6.45, 7) is 7.55. The first-order valence-electron chi connectivity index (χ1n) is 38.9. The van der Waals surface area contributed by atoms with Crippen LogP contribution in [0.3, 0.4) is 0 Å². The molecular formula is C106H60F10N6. The SMILES string of the molecule is Fc1ccc(N(c2c(F)ccc(-c3ccccc3)c2F)c2ccc3ccc4c(N(c5ccc(F)cc5)c5c(F)ccc(-c6ccccc6)c5F)ccc5ccc2c3c54)cc1.[C-]#[N+]c1ccc(N(c2c(F)ccc(-c3ccccc3)c2F)c2ccc3ccc4c(N(c5ccc(C#N)cc5)c5c(F)ccc(-c6ccccc6)c5F)ccc5ccc2c3c54)cc1. The summed E-state index contributed by atoms with van der Waals surface area (Å²) in [7, 11) is 0. The number of anilines is 12. The highest BCUT2D eigenvalue weighted by Crippen LogP contribution is 2.54. The van der Waals surface area contributed by atoms with Crippen LogP contribution in [-0.2, 0) is 0 Å². The Balaban J connectivity index is 0.000000161. The first-order chi connectivity index (χ1) is 59.6. The number of nitriles is 1. The van der Waals surface area contributed by atoms with Crippen LogP contribution < -0.4 is 19.6 Å². The maximum atomic E-state index is 17.1. The normalized spacial score (nSPS) is 11.3. The lowest BCUT2D eigenvalue weighted by Crippen LogP contribution is -2.15. The molecule has 0 aliphatic rings. The quantitative estimate of drug-likeness (QED) is 0.0548. The monoisotopic (exact) mass is 1610 g/mol. The van der Waals surface area contributed by atoms with E-state index in [1.54, 1.807) is 175 Å². The van der Waals surface area contributed by atoms with E-state index in [2.05, 4.69) is 10.9 Å². The molecule has 20 aromatic rings. The van der Waals surface area contributed by atoms with Gasteiger partial charge >= 0.3 is 0 Å². The lowest BCUT2D eigenvalue weighted by Gasteiger charge is -2.30. The zero-order valence-corrected chi connectivity index (χ0v) is 64.1. The van der Waals surface area contributed by atoms with Gasteiger partial charge < -0.3 is 19.6 Å². The zero-order chi connectivity index (χ0) is 83.6. The Morgan fingerprint density at radius 1 is 0.238 bits per heavy atom. The topological polar surface area (TPSA) is 41.1 Å². The minimum atomic E-state index is -0.832. The first kappa shape index (κ1) is 76.0. The molecule has 16 heteroatoms. The molecule has 0 aliphatic carbocycles. The fraction of sp³-hybridized carbons (Fsp3) is 0. The number of halogens is 10. The second-order valence-corrected chi connectivity index (χ2v) is 29.3. The fourth-order valence-corrected chi connectivity index (χ4v) is 16.8. The van der Waals surface area contributed by atoms with E-state index >= 15 is 35.1 Å². The highest BCUT2D eigenvalue weighted by atomic mass is 19.2. The molecular weight excluding hydrogens is 1550 g/mol. The summed E-state index contributed by atoms with van der Waals surface area (Å²) >= 11 is 0. The Hall–Kier alpha value is -16.0. The van der Waals surface area contributed by atoms with Crippen LogP contribution in [0.5, 0.6) is 0 Å². The first-order valence-corrected chi connectivity index (χ1v) is 38.9. The minimum Gasteiger partial charge on any atom is -0.305 e. The standard InChI is InChI=1S/C54H30F4N4.C52H30F6N2/c1-60-38-18-22-40(23-19-38)62(54-46(56)29-27-42(52(54)58)35-10-6-3-7-11-35)48-31-17-37-14-24-43-47(30-16-36-15-25-44(48)50(37)49(36)43)61(39-20-12-33(32-59)13-21-39)53-45(55)28-26-41(51(53)57)34-8-4-2-5-9-34;53-35-15-19-37(20-16-35)59(51-43(55)27-25-39(49(51)57)31-7-3-1-4-8-31)45-29-13-33-12-24-42-46(30-14-34-11-23-41(45)47(33)48(34)42)60(38-21-17-36(54)18-22-38)52-44(56)28-26-40(50(52)58)32-9-5-2-6-10-32/h2-31H;1-30H. The van der Waals surface area contributed by atoms with Crippen LogP contribution in [0.25, 0.3) is 114 Å². The Morgan fingerprint density at radius 2 is 0.467 bits per heavy atom. The van der Waals surface area contributed by atoms with Gasteiger partial charge in [-0.15, -0.1) is 0 Å². The lowest BCUT2D eigenvalue weighted by molar-refractivity contribution is 0.587. The Kier molecular flexibility index (Phi) is 19.6. The molecule has 122 heavy (non-hydrogen) atoms. The smallest absolute Gasteiger partial charge is 0.187 e. The third-order valence-electron chi connectivity index (χ3n) is 22.4. The van der Waals surface area contributed by atoms with Crippen molar-refractivity contribution in [1.29, 1.82) is 5.26 Å². The second-order valence-electron chi connectivity index (χ2n) is 29.3. The molecule has 0 aliphatic heterocycles. The van der Waals surface area contributed by atoms with Gasteiger partial charge in [-0.1, -0.05) is 206 Å². The third-order valence-corrected chi connectivity index (χ3v) is 22.4. The van der Waals surface area contributed by atoms with E-state index in [1.807, 2.05) is 97.1 Å². The van der Waals surface area contributed by atoms with Crippen molar-refractivity contribution in [3.8, 4) is 50.6 Å². The number of hydrogen-bond donors (Lipinski definition) is 0. The molecule has 6 nitrogen and oxygen atoms in total. The summed E-state index contributed by atoms with van der Waals surface area (Å²) in [5.74, 6) is -7.44. The van der Waals surface area contributed by atoms with Gasteiger partial charge in [0.2, 0.25) is 0 Å². The number of benzene rings is 20. The van der Waals surface area contributed by atoms with E-state index in [4.69, 9.17) is 6.57 Å². The largest absolute Gasteiger partial charge is 0.305 e. The maximum Gasteiger partial charge on any atom is 0.187 e. The minimum absolute atomic E-state index is 0.179. The molecule has 0 bridgehead atoms. The van der Waals surface area contributed by atoms with Crippen LogP contribution in [0.4, 0.5) is 118 Å². The van der Waals surface area contributed by atoms with Crippen LogP contribution in [-0.4, -0.2) is 0 Å². The van der Waals surface area contributed by atoms with Crippen molar-refractivity contribution >= 4 is 139 Å². The number of nitrogens with zero attached hydrogens (tertiary/aromatic N) is 6. The summed E-state index contributed by atoms with van der Waals surface area (Å²) in [6, 6.07) is 102. The van der Waals surface area contributed by atoms with Gasteiger partial charge in [0.1, 0.15) is 57.7 Å². The second kappa shape index (κ2) is 31.4. The van der Waals surface area contributed by atoms with E-state index in [-0.39, 0.29) is 45.0 Å². The average molecular weight is 1610 g/mol. The molecule has 0 N–H and O–H groups in total. The van der Waals surface area contributed by atoms with Crippen LogP contribution in [0, 0.1) is 76.1 Å². The molecule has 0 saturated carbocycles. The maximum absolute atomic E-state index is 17.1. The fourth-order valence-electron chi connectivity index (χ4n) is 16.8. The molecule has 0 aromatic heterocycles. The molecule has 0 atom stereocenters. The summed E-state index contributed by atoms with van der Waals surface area (Å²) in [4.78, 5) is 9.52. The van der Waals surface area contributed by atoms with Gasteiger partial charge in [-0.25, -0.2) is 48.7 Å². The summed E-state index contributed by atoms with van der Waals surface area (Å²) in [5.41, 5.74) is 5.65. The predicted octanol–water partition coefficient (Wildman–Crippen LogP) is 31.5. The van der Waals surface area contributed by atoms with E-state index in [0.717, 1.165) is 43.1 Å². The molecule has 0 saturated heterocycles. The van der Waals surface area contributed by atoms with Crippen molar-refractivity contribution in [3.63, 3.8) is 0 Å². The summed E-state index contributed by atoms with van der Waals surface area (Å²) in [5, 5.41) is 18.4. The molecule has 0 fully saturated rings. The number of hydrogen-bond acceptors (Lipinski definition) is 5. The summed E-state index contributed by atoms with van der Waals surface area (Å²) < 4.78 is 162. The Morgan fingerprint density at radius 3 is 0.705 bits per heavy atom. The van der Waals surface area contributed by atoms with Gasteiger partial charge in [-0.2, -0.15) is 5.26 Å². The van der Waals surface area contributed by atoms with Crippen molar-refractivity contribution in [2.75, 3.05) is 19.6 Å². The van der Waals surface area contributed by atoms with Crippen LogP contribution in [0.2, 0.25) is 0 Å². The highest BCUT2D eigenvalue weighted by molar-refractivity contribution is 6.30. The van der Waals surface area contributed by atoms with Gasteiger partial charge in [0.15, 0.2) is 29.0 Å². The predicted molar refractivity (Wildman–Crippen MR) is 471 cm³/mol. The third kappa shape index (κ3) is 13.3. The molecule has 0 radical (unpaired) electrons. The lowest BCUT2D eigenvalue weighted by atomic mass is 9.91. The van der Waals surface area contributed by atoms with E-state index in [1.165, 1.54) is 112 Å². The number of rotatable bonds is 16. The van der Waals surface area contributed by atoms with Crippen LogP contribution in [0.1, 0.15) is 5.56 Å². The van der Waals surface area contributed by atoms with Gasteiger partial charge in [0.05, 0.1) is 41.0 Å². The van der Waals surface area contributed by atoms with Crippen molar-refractivity contribution in [2.24, 2.45) is 0 Å². The van der Waals surface area contributed by atoms with Gasteiger partial charge in [-0.3, -0.25) is 0 Å². The van der Waals surface area contributed by atoms with Crippen LogP contribution in [0.15, 0.2) is 364 Å². The molecule has 20 rings (SSSR count). The van der Waals surface area contributed by atoms with Gasteiger partial charge in [-0.05, 0) is 223 Å².